The average molecular weight is 417 g/mol. The van der Waals surface area contributed by atoms with Gasteiger partial charge in [-0.05, 0) is 24.3 Å². The summed E-state index contributed by atoms with van der Waals surface area (Å²) in [5, 5.41) is 9.31. The molecular formula is C18H17ClN6O4. The van der Waals surface area contributed by atoms with Crippen LogP contribution >= 0.6 is 11.6 Å². The van der Waals surface area contributed by atoms with Crippen molar-refractivity contribution in [2.75, 3.05) is 26.3 Å². The van der Waals surface area contributed by atoms with Crippen molar-refractivity contribution < 1.29 is 19.0 Å². The molecule has 1 aromatic carbocycles. The summed E-state index contributed by atoms with van der Waals surface area (Å²) in [6.07, 6.45) is 0. The lowest BCUT2D eigenvalue weighted by Crippen LogP contribution is -2.40. The van der Waals surface area contributed by atoms with E-state index in [0.717, 1.165) is 0 Å². The number of hydrogen-bond acceptors (Lipinski definition) is 9. The lowest BCUT2D eigenvalue weighted by Gasteiger charge is -2.19. The number of methoxy groups -OCH3 is 2. The molecule has 0 aliphatic carbocycles. The van der Waals surface area contributed by atoms with Crippen LogP contribution in [0.2, 0.25) is 5.15 Å². The molecule has 2 aromatic heterocycles. The largest absolute Gasteiger partial charge is 0.481 e. The Kier molecular flexibility index (Phi) is 6.25. The van der Waals surface area contributed by atoms with Crippen LogP contribution in [0.3, 0.4) is 0 Å². The zero-order chi connectivity index (χ0) is 20.8. The highest BCUT2D eigenvalue weighted by atomic mass is 35.5. The third-order valence-electron chi connectivity index (χ3n) is 3.64. The Balaban J connectivity index is 1.81. The van der Waals surface area contributed by atoms with Gasteiger partial charge in [-0.15, -0.1) is 10.2 Å². The molecule has 0 spiro atoms. The van der Waals surface area contributed by atoms with Crippen molar-refractivity contribution in [2.45, 2.75) is 0 Å². The zero-order valence-electron chi connectivity index (χ0n) is 15.8. The molecule has 3 rings (SSSR count). The van der Waals surface area contributed by atoms with Gasteiger partial charge in [0.1, 0.15) is 5.75 Å². The predicted molar refractivity (Wildman–Crippen MR) is 105 cm³/mol. The van der Waals surface area contributed by atoms with Gasteiger partial charge in [0.15, 0.2) is 11.0 Å². The van der Waals surface area contributed by atoms with E-state index >= 15 is 0 Å². The monoisotopic (exact) mass is 416 g/mol. The van der Waals surface area contributed by atoms with Crippen LogP contribution in [0.4, 0.5) is 5.82 Å². The van der Waals surface area contributed by atoms with Gasteiger partial charge in [-0.3, -0.25) is 15.2 Å². The molecule has 1 amide bonds. The molecule has 29 heavy (non-hydrogen) atoms. The van der Waals surface area contributed by atoms with E-state index in [2.05, 4.69) is 25.6 Å². The van der Waals surface area contributed by atoms with Crippen molar-refractivity contribution in [3.63, 3.8) is 0 Å². The van der Waals surface area contributed by atoms with E-state index in [1.54, 1.807) is 43.4 Å². The minimum absolute atomic E-state index is 0.0293. The van der Waals surface area contributed by atoms with E-state index in [0.29, 0.717) is 5.82 Å². The predicted octanol–water partition coefficient (Wildman–Crippen LogP) is 2.51. The lowest BCUT2D eigenvalue weighted by molar-refractivity contribution is 0.0948. The Labute approximate surface area is 171 Å². The molecule has 0 bridgehead atoms. The molecule has 0 unspecified atom stereocenters. The summed E-state index contributed by atoms with van der Waals surface area (Å²) in [4.78, 5) is 21.0. The van der Waals surface area contributed by atoms with Gasteiger partial charge < -0.3 is 14.2 Å². The Bertz CT molecular complexity index is 980. The van der Waals surface area contributed by atoms with Crippen molar-refractivity contribution in [2.24, 2.45) is 0 Å². The highest BCUT2D eigenvalue weighted by Crippen LogP contribution is 2.26. The normalized spacial score (nSPS) is 10.2. The molecule has 11 heteroatoms. The second-order valence-electron chi connectivity index (χ2n) is 5.55. The van der Waals surface area contributed by atoms with Gasteiger partial charge in [-0.1, -0.05) is 23.7 Å². The molecule has 0 radical (unpaired) electrons. The van der Waals surface area contributed by atoms with Crippen molar-refractivity contribution >= 4 is 23.3 Å². The van der Waals surface area contributed by atoms with Gasteiger partial charge >= 0.3 is 6.01 Å². The number of hydrazine groups is 1. The Morgan fingerprint density at radius 2 is 1.72 bits per heavy atom. The second kappa shape index (κ2) is 9.02. The number of halogens is 1. The number of rotatable bonds is 7. The molecule has 0 aliphatic heterocycles. The molecule has 0 saturated carbocycles. The fourth-order valence-corrected chi connectivity index (χ4v) is 2.34. The quantitative estimate of drug-likeness (QED) is 0.580. The number of nitrogens with zero attached hydrogens (tertiary/aromatic N) is 5. The summed E-state index contributed by atoms with van der Waals surface area (Å²) in [6, 6.07) is 11.3. The number of nitrogens with one attached hydrogen (secondary N) is 1. The molecule has 1 N–H and O–H groups in total. The van der Waals surface area contributed by atoms with Gasteiger partial charge in [0.25, 0.3) is 5.91 Å². The molecule has 0 saturated heterocycles. The molecule has 0 aliphatic rings. The number of amides is 1. The van der Waals surface area contributed by atoms with E-state index in [4.69, 9.17) is 25.8 Å². The summed E-state index contributed by atoms with van der Waals surface area (Å²) >= 11 is 5.73. The van der Waals surface area contributed by atoms with Crippen molar-refractivity contribution in [3.05, 3.63) is 53.2 Å². The third kappa shape index (κ3) is 4.99. The van der Waals surface area contributed by atoms with E-state index in [1.807, 2.05) is 0 Å². The van der Waals surface area contributed by atoms with Gasteiger partial charge in [0.2, 0.25) is 11.8 Å². The van der Waals surface area contributed by atoms with Crippen LogP contribution in [-0.2, 0) is 0 Å². The molecule has 10 nitrogen and oxygen atoms in total. The molecule has 0 fully saturated rings. The maximum atomic E-state index is 12.8. The smallest absolute Gasteiger partial charge is 0.328 e. The van der Waals surface area contributed by atoms with E-state index in [-0.39, 0.29) is 34.2 Å². The van der Waals surface area contributed by atoms with E-state index < -0.39 is 5.91 Å². The van der Waals surface area contributed by atoms with Crippen LogP contribution in [0, 0.1) is 0 Å². The summed E-state index contributed by atoms with van der Waals surface area (Å²) in [5.41, 5.74) is 2.94. The number of carbonyl (C=O) groups excluding carboxylic acids is 1. The summed E-state index contributed by atoms with van der Waals surface area (Å²) in [5.74, 6) is 0.734. The lowest BCUT2D eigenvalue weighted by atomic mass is 10.2. The third-order valence-corrected chi connectivity index (χ3v) is 3.84. The maximum absolute atomic E-state index is 12.8. The van der Waals surface area contributed by atoms with E-state index in [9.17, 15) is 4.79 Å². The van der Waals surface area contributed by atoms with Gasteiger partial charge in [0, 0.05) is 7.05 Å². The molecule has 0 atom stereocenters. The van der Waals surface area contributed by atoms with Crippen LogP contribution in [-0.4, -0.2) is 47.3 Å². The standard InChI is InChI=1S/C18H17ClN6O4/c1-25(14-9-8-13(19)22-23-14)24-17(26)11-6-4-5-7-12(11)29-18-20-15(27-2)10-16(21-18)28-3/h4-10H,1-3H3,(H,24,26). The van der Waals surface area contributed by atoms with Crippen LogP contribution in [0.15, 0.2) is 42.5 Å². The number of anilines is 1. The van der Waals surface area contributed by atoms with Crippen molar-refractivity contribution in [3.8, 4) is 23.5 Å². The average Bonchev–Trinajstić information content (AvgIpc) is 2.74. The number of para-hydroxylation sites is 1. The molecule has 150 valence electrons. The molecular weight excluding hydrogens is 400 g/mol. The van der Waals surface area contributed by atoms with E-state index in [1.165, 1.54) is 25.3 Å². The fourth-order valence-electron chi connectivity index (χ4n) is 2.24. The van der Waals surface area contributed by atoms with Gasteiger partial charge in [0.05, 0.1) is 25.8 Å². The molecule has 3 aromatic rings. The zero-order valence-corrected chi connectivity index (χ0v) is 16.5. The highest BCUT2D eigenvalue weighted by molar-refractivity contribution is 6.29. The first-order valence-electron chi connectivity index (χ1n) is 8.28. The first-order valence-corrected chi connectivity index (χ1v) is 8.66. The topological polar surface area (TPSA) is 112 Å². The highest BCUT2D eigenvalue weighted by Gasteiger charge is 2.17. The Morgan fingerprint density at radius 1 is 1.03 bits per heavy atom. The number of carbonyl (C=O) groups is 1. The second-order valence-corrected chi connectivity index (χ2v) is 5.93. The Hall–Kier alpha value is -3.66. The first-order chi connectivity index (χ1) is 14.0. The number of ether oxygens (including phenoxy) is 3. The summed E-state index contributed by atoms with van der Waals surface area (Å²) < 4.78 is 15.9. The fraction of sp³-hybridized carbons (Fsp3) is 0.167. The number of hydrogen-bond donors (Lipinski definition) is 1. The Morgan fingerprint density at radius 3 is 2.34 bits per heavy atom. The van der Waals surface area contributed by atoms with Gasteiger partial charge in [-0.2, -0.15) is 9.97 Å². The minimum Gasteiger partial charge on any atom is -0.481 e. The maximum Gasteiger partial charge on any atom is 0.328 e. The van der Waals surface area contributed by atoms with Crippen LogP contribution < -0.4 is 24.6 Å². The van der Waals surface area contributed by atoms with Crippen molar-refractivity contribution in [1.82, 2.24) is 25.6 Å². The summed E-state index contributed by atoms with van der Waals surface area (Å²) in [7, 11) is 4.54. The van der Waals surface area contributed by atoms with Crippen LogP contribution in [0.25, 0.3) is 0 Å². The van der Waals surface area contributed by atoms with Crippen molar-refractivity contribution in [1.29, 1.82) is 0 Å². The van der Waals surface area contributed by atoms with Gasteiger partial charge in [-0.25, -0.2) is 0 Å². The minimum atomic E-state index is -0.435. The van der Waals surface area contributed by atoms with Crippen LogP contribution in [0.1, 0.15) is 10.4 Å². The molecule has 2 heterocycles. The first kappa shape index (κ1) is 20.1. The number of benzene rings is 1. The SMILES string of the molecule is COc1cc(OC)nc(Oc2ccccc2C(=O)NN(C)c2ccc(Cl)nn2)n1. The summed E-state index contributed by atoms with van der Waals surface area (Å²) in [6.45, 7) is 0. The van der Waals surface area contributed by atoms with Crippen LogP contribution in [0.5, 0.6) is 23.5 Å². The number of aromatic nitrogens is 4.